The summed E-state index contributed by atoms with van der Waals surface area (Å²) in [7, 11) is 0. The molecule has 6 nitrogen and oxygen atoms in total. The molecule has 2 fully saturated rings. The number of aliphatic hydroxyl groups excluding tert-OH is 4. The van der Waals surface area contributed by atoms with Crippen LogP contribution in [-0.4, -0.2) is 62.3 Å². The van der Waals surface area contributed by atoms with Crippen molar-refractivity contribution in [3.63, 3.8) is 0 Å². The molecule has 1 saturated heterocycles. The van der Waals surface area contributed by atoms with Crippen LogP contribution in [-0.2, 0) is 4.74 Å². The second kappa shape index (κ2) is 2.63. The lowest BCUT2D eigenvalue weighted by Gasteiger charge is -2.32. The van der Waals surface area contributed by atoms with Crippen LogP contribution < -0.4 is 0 Å². The van der Waals surface area contributed by atoms with Crippen molar-refractivity contribution in [1.29, 1.82) is 0 Å². The summed E-state index contributed by atoms with van der Waals surface area (Å²) in [6.45, 7) is -0.506. The van der Waals surface area contributed by atoms with Gasteiger partial charge in [-0.2, -0.15) is 0 Å². The zero-order valence-electron chi connectivity index (χ0n) is 6.74. The van der Waals surface area contributed by atoms with Crippen molar-refractivity contribution in [3.8, 4) is 0 Å². The highest BCUT2D eigenvalue weighted by Gasteiger charge is 2.74. The normalized spacial score (nSPS) is 60.2. The number of hydrogen-bond donors (Lipinski definition) is 5. The molecule has 0 aromatic heterocycles. The third-order valence-electron chi connectivity index (χ3n) is 2.88. The molecule has 13 heavy (non-hydrogen) atoms. The zero-order chi connectivity index (χ0) is 9.80. The van der Waals surface area contributed by atoms with Crippen molar-refractivity contribution < 1.29 is 30.3 Å². The van der Waals surface area contributed by atoms with Gasteiger partial charge in [0.2, 0.25) is 0 Å². The lowest BCUT2D eigenvalue weighted by molar-refractivity contribution is -0.255. The monoisotopic (exact) mass is 192 g/mol. The molecule has 5 N–H and O–H groups in total. The first-order valence-electron chi connectivity index (χ1n) is 4.06. The predicted molar refractivity (Wildman–Crippen MR) is 38.4 cm³/mol. The quantitative estimate of drug-likeness (QED) is 0.299. The maximum atomic E-state index is 9.66. The van der Waals surface area contributed by atoms with Crippen LogP contribution in [0.15, 0.2) is 0 Å². The average Bonchev–Trinajstić information content (AvgIpc) is 2.64. The van der Waals surface area contributed by atoms with E-state index in [-0.39, 0.29) is 0 Å². The van der Waals surface area contributed by atoms with Gasteiger partial charge in [0.1, 0.15) is 17.8 Å². The van der Waals surface area contributed by atoms with Crippen LogP contribution in [0.2, 0.25) is 0 Å². The molecule has 2 rings (SSSR count). The Morgan fingerprint density at radius 2 is 1.85 bits per heavy atom. The Morgan fingerprint density at radius 1 is 1.23 bits per heavy atom. The number of aliphatic hydroxyl groups is 5. The Kier molecular flexibility index (Phi) is 1.88. The van der Waals surface area contributed by atoms with Crippen LogP contribution in [0, 0.1) is 5.92 Å². The van der Waals surface area contributed by atoms with Gasteiger partial charge in [-0.1, -0.05) is 0 Å². The summed E-state index contributed by atoms with van der Waals surface area (Å²) in [4.78, 5) is 0. The lowest BCUT2D eigenvalue weighted by Crippen LogP contribution is -2.50. The minimum absolute atomic E-state index is 0.506. The van der Waals surface area contributed by atoms with Crippen molar-refractivity contribution in [2.45, 2.75) is 30.2 Å². The number of fused-ring (bicyclic) bond motifs is 1. The van der Waals surface area contributed by atoms with Gasteiger partial charge in [0.25, 0.3) is 0 Å². The van der Waals surface area contributed by atoms with Crippen molar-refractivity contribution in [2.75, 3.05) is 6.61 Å². The summed E-state index contributed by atoms with van der Waals surface area (Å²) in [6, 6.07) is 0. The summed E-state index contributed by atoms with van der Waals surface area (Å²) >= 11 is 0. The van der Waals surface area contributed by atoms with E-state index in [9.17, 15) is 15.3 Å². The van der Waals surface area contributed by atoms with Crippen LogP contribution in [0.1, 0.15) is 0 Å². The van der Waals surface area contributed by atoms with Gasteiger partial charge in [-0.25, -0.2) is 0 Å². The van der Waals surface area contributed by atoms with Gasteiger partial charge < -0.3 is 30.3 Å². The Labute approximate surface area is 74.0 Å². The minimum atomic E-state index is -1.60. The average molecular weight is 192 g/mol. The first kappa shape index (κ1) is 9.32. The topological polar surface area (TPSA) is 110 Å². The molecule has 6 heteroatoms. The molecular formula is C7H12O6. The molecule has 1 saturated carbocycles. The minimum Gasteiger partial charge on any atom is -0.394 e. The fourth-order valence-corrected chi connectivity index (χ4v) is 1.99. The molecule has 1 heterocycles. The van der Waals surface area contributed by atoms with E-state index in [0.29, 0.717) is 0 Å². The molecule has 1 aliphatic heterocycles. The van der Waals surface area contributed by atoms with Gasteiger partial charge in [-0.3, -0.25) is 0 Å². The van der Waals surface area contributed by atoms with Crippen LogP contribution in [0.4, 0.5) is 0 Å². The fourth-order valence-electron chi connectivity index (χ4n) is 1.99. The van der Waals surface area contributed by atoms with Crippen LogP contribution in [0.5, 0.6) is 0 Å². The van der Waals surface area contributed by atoms with Gasteiger partial charge in [0, 0.05) is 0 Å². The van der Waals surface area contributed by atoms with E-state index in [0.717, 1.165) is 0 Å². The van der Waals surface area contributed by atoms with E-state index in [4.69, 9.17) is 14.9 Å². The Morgan fingerprint density at radius 3 is 2.38 bits per heavy atom. The van der Waals surface area contributed by atoms with E-state index < -0.39 is 42.7 Å². The second-order valence-electron chi connectivity index (χ2n) is 3.55. The Hall–Kier alpha value is -0.240. The first-order valence-corrected chi connectivity index (χ1v) is 4.06. The SMILES string of the molecule is OCC1O[C@@H](O)C(O)C2C(O)[C@@]12O. The van der Waals surface area contributed by atoms with Gasteiger partial charge in [-0.05, 0) is 0 Å². The van der Waals surface area contributed by atoms with Crippen LogP contribution in [0.25, 0.3) is 0 Å². The number of hydrogen-bond acceptors (Lipinski definition) is 6. The molecule has 4 unspecified atom stereocenters. The standard InChI is InChI=1S/C7H12O6/c8-1-2-7(12)3(5(7)10)4(9)6(11)13-2/h2-6,8-12H,1H2/t2?,3?,4?,5?,6-,7-/m1/s1. The van der Waals surface area contributed by atoms with Gasteiger partial charge in [-0.15, -0.1) is 0 Å². The third kappa shape index (κ3) is 0.983. The number of ether oxygens (including phenoxy) is 1. The highest BCUT2D eigenvalue weighted by Crippen LogP contribution is 2.53. The van der Waals surface area contributed by atoms with Gasteiger partial charge in [0.05, 0.1) is 18.6 Å². The van der Waals surface area contributed by atoms with Crippen molar-refractivity contribution in [3.05, 3.63) is 0 Å². The molecule has 6 atom stereocenters. The van der Waals surface area contributed by atoms with Crippen molar-refractivity contribution >= 4 is 0 Å². The van der Waals surface area contributed by atoms with E-state index >= 15 is 0 Å². The largest absolute Gasteiger partial charge is 0.394 e. The molecule has 0 amide bonds. The second-order valence-corrected chi connectivity index (χ2v) is 3.55. The van der Waals surface area contributed by atoms with E-state index in [1.54, 1.807) is 0 Å². The molecular weight excluding hydrogens is 180 g/mol. The molecule has 0 aromatic carbocycles. The highest BCUT2D eigenvalue weighted by atomic mass is 16.6. The van der Waals surface area contributed by atoms with Crippen molar-refractivity contribution in [1.82, 2.24) is 0 Å². The molecule has 0 aromatic rings. The summed E-state index contributed by atoms with van der Waals surface area (Å²) in [5.41, 5.74) is -1.60. The number of rotatable bonds is 1. The maximum absolute atomic E-state index is 9.66. The Bertz CT molecular complexity index is 217. The van der Waals surface area contributed by atoms with Crippen molar-refractivity contribution in [2.24, 2.45) is 5.92 Å². The molecule has 0 bridgehead atoms. The summed E-state index contributed by atoms with van der Waals surface area (Å²) < 4.78 is 4.72. The fraction of sp³-hybridized carbons (Fsp3) is 1.00. The molecule has 0 radical (unpaired) electrons. The van der Waals surface area contributed by atoms with Crippen LogP contribution in [0.3, 0.4) is 0 Å². The maximum Gasteiger partial charge on any atom is 0.181 e. The third-order valence-corrected chi connectivity index (χ3v) is 2.88. The van der Waals surface area contributed by atoms with E-state index in [2.05, 4.69) is 0 Å². The highest BCUT2D eigenvalue weighted by molar-refractivity contribution is 5.22. The Balaban J connectivity index is 2.20. The first-order chi connectivity index (χ1) is 6.03. The molecule has 2 aliphatic rings. The summed E-state index contributed by atoms with van der Waals surface area (Å²) in [5.74, 6) is -0.826. The van der Waals surface area contributed by atoms with E-state index in [1.807, 2.05) is 0 Å². The molecule has 0 spiro atoms. The molecule has 76 valence electrons. The summed E-state index contributed by atoms with van der Waals surface area (Å²) in [6.07, 6.45) is -4.94. The summed E-state index contributed by atoms with van der Waals surface area (Å²) in [5, 5.41) is 46.1. The predicted octanol–water partition coefficient (Wildman–Crippen LogP) is -3.22. The van der Waals surface area contributed by atoms with Gasteiger partial charge in [0.15, 0.2) is 6.29 Å². The zero-order valence-corrected chi connectivity index (χ0v) is 6.74. The lowest BCUT2D eigenvalue weighted by atomic mass is 10.0. The van der Waals surface area contributed by atoms with Gasteiger partial charge >= 0.3 is 0 Å². The smallest absolute Gasteiger partial charge is 0.181 e. The molecule has 1 aliphatic carbocycles. The van der Waals surface area contributed by atoms with E-state index in [1.165, 1.54) is 0 Å². The van der Waals surface area contributed by atoms with Crippen LogP contribution >= 0.6 is 0 Å².